The van der Waals surface area contributed by atoms with Crippen LogP contribution < -0.4 is 0 Å². The maximum Gasteiger partial charge on any atom is 0.241 e. The van der Waals surface area contributed by atoms with E-state index in [-0.39, 0.29) is 5.41 Å². The van der Waals surface area contributed by atoms with Crippen LogP contribution in [0, 0.1) is 5.41 Å². The van der Waals surface area contributed by atoms with Gasteiger partial charge in [0.05, 0.1) is 5.76 Å². The first-order valence-electron chi connectivity index (χ1n) is 7.33. The van der Waals surface area contributed by atoms with Crippen LogP contribution in [0.15, 0.2) is 42.2 Å². The van der Waals surface area contributed by atoms with Crippen molar-refractivity contribution < 1.29 is 4.43 Å². The summed E-state index contributed by atoms with van der Waals surface area (Å²) in [4.78, 5) is 0. The molecule has 1 atom stereocenters. The molecule has 0 saturated carbocycles. The fraction of sp³-hybridized carbons (Fsp3) is 0.529. The molecule has 104 valence electrons. The molecule has 0 spiro atoms. The van der Waals surface area contributed by atoms with E-state index in [9.17, 15) is 0 Å². The van der Waals surface area contributed by atoms with Gasteiger partial charge in [-0.15, -0.1) is 0 Å². The Balaban J connectivity index is 2.00. The van der Waals surface area contributed by atoms with Crippen molar-refractivity contribution in [3.63, 3.8) is 0 Å². The van der Waals surface area contributed by atoms with Crippen LogP contribution in [0.25, 0.3) is 0 Å². The number of allylic oxidation sites excluding steroid dienone is 2. The summed E-state index contributed by atoms with van der Waals surface area (Å²) in [5.41, 5.74) is 1.68. The summed E-state index contributed by atoms with van der Waals surface area (Å²) in [7, 11) is -1.49. The summed E-state index contributed by atoms with van der Waals surface area (Å²) in [6.07, 6.45) is 7.06. The second kappa shape index (κ2) is 5.54. The van der Waals surface area contributed by atoms with Crippen molar-refractivity contribution >= 4 is 8.32 Å². The van der Waals surface area contributed by atoms with Gasteiger partial charge in [0.2, 0.25) is 8.32 Å². The summed E-state index contributed by atoms with van der Waals surface area (Å²) in [6.45, 7) is 9.17. The lowest BCUT2D eigenvalue weighted by Gasteiger charge is -2.32. The van der Waals surface area contributed by atoms with Crippen LogP contribution >= 0.6 is 0 Å². The van der Waals surface area contributed by atoms with Crippen LogP contribution in [-0.2, 0) is 10.8 Å². The van der Waals surface area contributed by atoms with Gasteiger partial charge >= 0.3 is 0 Å². The first-order valence-corrected chi connectivity index (χ1v) is 10.7. The van der Waals surface area contributed by atoms with Crippen LogP contribution in [-0.4, -0.2) is 8.32 Å². The molecule has 0 aliphatic heterocycles. The molecule has 1 nitrogen and oxygen atoms in total. The van der Waals surface area contributed by atoms with Crippen molar-refractivity contribution in [3.05, 3.63) is 47.7 Å². The maximum atomic E-state index is 6.30. The molecule has 2 heteroatoms. The number of hydrogen-bond donors (Lipinski definition) is 0. The molecule has 0 fully saturated rings. The van der Waals surface area contributed by atoms with Gasteiger partial charge in [-0.25, -0.2) is 0 Å². The van der Waals surface area contributed by atoms with E-state index in [2.05, 4.69) is 63.0 Å². The molecule has 0 heterocycles. The lowest BCUT2D eigenvalue weighted by molar-refractivity contribution is 0.241. The standard InChI is InChI=1S/C17H26OSi/c1-17(14-12-15-9-6-5-7-10-15)13-8-11-16(17)18-19(2,3)4/h5-7,9-11H,8,12-14H2,1-4H3/t17-/m0/s1. The second-order valence-corrected chi connectivity index (χ2v) is 11.3. The van der Waals surface area contributed by atoms with Crippen molar-refractivity contribution in [1.29, 1.82) is 0 Å². The molecule has 19 heavy (non-hydrogen) atoms. The van der Waals surface area contributed by atoms with Gasteiger partial charge in [0.15, 0.2) is 0 Å². The number of hydrogen-bond acceptors (Lipinski definition) is 1. The Hall–Kier alpha value is -1.02. The zero-order valence-corrected chi connectivity index (χ0v) is 13.7. The molecule has 1 aliphatic carbocycles. The molecule has 0 amide bonds. The third-order valence-electron chi connectivity index (χ3n) is 3.85. The Morgan fingerprint density at radius 3 is 2.47 bits per heavy atom. The normalized spacial score (nSPS) is 23.3. The topological polar surface area (TPSA) is 9.23 Å². The van der Waals surface area contributed by atoms with E-state index < -0.39 is 8.32 Å². The summed E-state index contributed by atoms with van der Waals surface area (Å²) < 4.78 is 6.30. The van der Waals surface area contributed by atoms with E-state index in [1.54, 1.807) is 0 Å². The van der Waals surface area contributed by atoms with Crippen LogP contribution in [0.3, 0.4) is 0 Å². The highest BCUT2D eigenvalue weighted by Gasteiger charge is 2.36. The van der Waals surface area contributed by atoms with Gasteiger partial charge in [-0.1, -0.05) is 37.3 Å². The number of rotatable bonds is 5. The quantitative estimate of drug-likeness (QED) is 0.674. The van der Waals surface area contributed by atoms with E-state index in [0.717, 1.165) is 6.42 Å². The molecule has 2 rings (SSSR count). The monoisotopic (exact) mass is 274 g/mol. The highest BCUT2D eigenvalue weighted by atomic mass is 28.4. The largest absolute Gasteiger partial charge is 0.547 e. The fourth-order valence-electron chi connectivity index (χ4n) is 2.70. The van der Waals surface area contributed by atoms with Gasteiger partial charge < -0.3 is 4.43 Å². The molecular weight excluding hydrogens is 248 g/mol. The Kier molecular flexibility index (Phi) is 4.19. The van der Waals surface area contributed by atoms with E-state index >= 15 is 0 Å². The Morgan fingerprint density at radius 1 is 1.16 bits per heavy atom. The first-order chi connectivity index (χ1) is 8.89. The molecule has 1 aliphatic rings. The average Bonchev–Trinajstić information content (AvgIpc) is 2.68. The van der Waals surface area contributed by atoms with E-state index in [4.69, 9.17) is 4.43 Å². The number of benzene rings is 1. The molecule has 1 aromatic rings. The SMILES string of the molecule is C[C@@]1(CCc2ccccc2)CCC=C1O[Si](C)(C)C. The van der Waals surface area contributed by atoms with E-state index in [1.165, 1.54) is 30.6 Å². The van der Waals surface area contributed by atoms with Crippen molar-refractivity contribution in [2.45, 2.75) is 52.2 Å². The highest BCUT2D eigenvalue weighted by molar-refractivity contribution is 6.70. The predicted octanol–water partition coefficient (Wildman–Crippen LogP) is 5.15. The molecule has 0 aromatic heterocycles. The molecule has 1 aromatic carbocycles. The van der Waals surface area contributed by atoms with Gasteiger partial charge in [-0.05, 0) is 57.0 Å². The number of aryl methyl sites for hydroxylation is 1. The van der Waals surface area contributed by atoms with Gasteiger partial charge in [0, 0.05) is 5.41 Å². The predicted molar refractivity (Wildman–Crippen MR) is 84.6 cm³/mol. The van der Waals surface area contributed by atoms with Gasteiger partial charge in [0.1, 0.15) is 0 Å². The third-order valence-corrected chi connectivity index (χ3v) is 4.68. The van der Waals surface area contributed by atoms with Crippen molar-refractivity contribution in [1.82, 2.24) is 0 Å². The maximum absolute atomic E-state index is 6.30. The van der Waals surface area contributed by atoms with Crippen LogP contribution in [0.4, 0.5) is 0 Å². The molecule has 0 saturated heterocycles. The van der Waals surface area contributed by atoms with Crippen LogP contribution in [0.1, 0.15) is 31.7 Å². The van der Waals surface area contributed by atoms with Gasteiger partial charge in [0.25, 0.3) is 0 Å². The Labute approximate surface area is 118 Å². The lowest BCUT2D eigenvalue weighted by Crippen LogP contribution is -2.30. The molecular formula is C17H26OSi. The zero-order chi connectivity index (χ0) is 13.9. The van der Waals surface area contributed by atoms with Crippen molar-refractivity contribution in [3.8, 4) is 0 Å². The van der Waals surface area contributed by atoms with Crippen molar-refractivity contribution in [2.75, 3.05) is 0 Å². The molecule has 0 bridgehead atoms. The fourth-order valence-corrected chi connectivity index (χ4v) is 3.69. The molecule has 0 N–H and O–H groups in total. The molecule has 0 radical (unpaired) electrons. The Morgan fingerprint density at radius 2 is 1.84 bits per heavy atom. The zero-order valence-electron chi connectivity index (χ0n) is 12.7. The summed E-state index contributed by atoms with van der Waals surface area (Å²) in [5, 5.41) is 0. The average molecular weight is 274 g/mol. The highest BCUT2D eigenvalue weighted by Crippen LogP contribution is 2.44. The lowest BCUT2D eigenvalue weighted by atomic mass is 9.82. The van der Waals surface area contributed by atoms with Crippen LogP contribution in [0.2, 0.25) is 19.6 Å². The minimum atomic E-state index is -1.49. The summed E-state index contributed by atoms with van der Waals surface area (Å²) in [6, 6.07) is 10.8. The second-order valence-electron chi connectivity index (χ2n) is 6.87. The van der Waals surface area contributed by atoms with E-state index in [0.29, 0.717) is 0 Å². The minimum Gasteiger partial charge on any atom is -0.547 e. The smallest absolute Gasteiger partial charge is 0.241 e. The minimum absolute atomic E-state index is 0.246. The third kappa shape index (κ3) is 3.97. The first kappa shape index (κ1) is 14.4. The Bertz CT molecular complexity index is 444. The van der Waals surface area contributed by atoms with Crippen LogP contribution in [0.5, 0.6) is 0 Å². The molecule has 0 unspecified atom stereocenters. The summed E-state index contributed by atoms with van der Waals surface area (Å²) in [5.74, 6) is 1.27. The summed E-state index contributed by atoms with van der Waals surface area (Å²) >= 11 is 0. The van der Waals surface area contributed by atoms with E-state index in [1.807, 2.05) is 0 Å². The van der Waals surface area contributed by atoms with Gasteiger partial charge in [-0.2, -0.15) is 0 Å². The van der Waals surface area contributed by atoms with Crippen molar-refractivity contribution in [2.24, 2.45) is 5.41 Å². The van der Waals surface area contributed by atoms with Gasteiger partial charge in [-0.3, -0.25) is 0 Å².